The smallest absolute Gasteiger partial charge is 0.230 e. The van der Waals surface area contributed by atoms with Crippen LogP contribution in [0.1, 0.15) is 104 Å². The number of amides is 1. The van der Waals surface area contributed by atoms with Crippen LogP contribution in [0.2, 0.25) is 0 Å². The molecule has 0 saturated heterocycles. The van der Waals surface area contributed by atoms with Crippen molar-refractivity contribution in [2.45, 2.75) is 110 Å². The van der Waals surface area contributed by atoms with Gasteiger partial charge in [0, 0.05) is 38.9 Å². The number of aliphatic hydroxyl groups is 1. The van der Waals surface area contributed by atoms with E-state index in [0.717, 1.165) is 38.9 Å². The van der Waals surface area contributed by atoms with Gasteiger partial charge in [-0.3, -0.25) is 9.79 Å². The molecular weight excluding hydrogens is 374 g/mol. The molecule has 0 radical (unpaired) electrons. The molecule has 0 saturated carbocycles. The first-order chi connectivity index (χ1) is 14.6. The maximum atomic E-state index is 12.3. The molecule has 1 rings (SSSR count). The van der Waals surface area contributed by atoms with Crippen molar-refractivity contribution in [1.29, 1.82) is 0 Å². The first-order valence-corrected chi connectivity index (χ1v) is 12.8. The predicted octanol–water partition coefficient (Wildman–Crippen LogP) is 4.97. The first-order valence-electron chi connectivity index (χ1n) is 12.8. The third kappa shape index (κ3) is 14.1. The van der Waals surface area contributed by atoms with Gasteiger partial charge in [0.25, 0.3) is 0 Å². The van der Waals surface area contributed by atoms with E-state index in [0.29, 0.717) is 13.1 Å². The normalized spacial score (nSPS) is 18.4. The van der Waals surface area contributed by atoms with E-state index in [-0.39, 0.29) is 17.9 Å². The maximum absolute atomic E-state index is 12.3. The van der Waals surface area contributed by atoms with Gasteiger partial charge in [0.2, 0.25) is 5.91 Å². The molecule has 176 valence electrons. The number of rotatable bonds is 18. The fourth-order valence-electron chi connectivity index (χ4n) is 4.08. The summed E-state index contributed by atoms with van der Waals surface area (Å²) in [6.45, 7) is 7.84. The molecule has 0 spiro atoms. The van der Waals surface area contributed by atoms with Crippen LogP contribution in [0.25, 0.3) is 0 Å². The van der Waals surface area contributed by atoms with Gasteiger partial charge in [-0.2, -0.15) is 0 Å². The Bertz CT molecular complexity index is 442. The van der Waals surface area contributed by atoms with Crippen LogP contribution in [-0.2, 0) is 4.79 Å². The second kappa shape index (κ2) is 18.8. The molecule has 0 bridgehead atoms. The molecule has 1 aliphatic rings. The van der Waals surface area contributed by atoms with Crippen LogP contribution >= 0.6 is 0 Å². The van der Waals surface area contributed by atoms with Crippen LogP contribution in [0.3, 0.4) is 0 Å². The van der Waals surface area contributed by atoms with E-state index >= 15 is 0 Å². The van der Waals surface area contributed by atoms with Crippen LogP contribution in [-0.4, -0.2) is 61.0 Å². The average molecular weight is 424 g/mol. The zero-order valence-corrected chi connectivity index (χ0v) is 19.9. The zero-order chi connectivity index (χ0) is 21.9. The largest absolute Gasteiger partial charge is 0.392 e. The Morgan fingerprint density at radius 3 is 2.30 bits per heavy atom. The van der Waals surface area contributed by atoms with Gasteiger partial charge in [-0.05, 0) is 19.8 Å². The fraction of sp³-hybridized carbons (Fsp3) is 0.920. The number of aliphatic imine (C=N–C) groups is 1. The molecule has 0 fully saturated rings. The van der Waals surface area contributed by atoms with Gasteiger partial charge >= 0.3 is 0 Å². The maximum Gasteiger partial charge on any atom is 0.230 e. The molecular formula is C25H49N3O2. The van der Waals surface area contributed by atoms with Crippen LogP contribution in [0.15, 0.2) is 4.99 Å². The summed E-state index contributed by atoms with van der Waals surface area (Å²) in [4.78, 5) is 18.5. The van der Waals surface area contributed by atoms with Gasteiger partial charge in [-0.1, -0.05) is 84.0 Å². The summed E-state index contributed by atoms with van der Waals surface area (Å²) >= 11 is 0. The highest BCUT2D eigenvalue weighted by atomic mass is 16.3. The van der Waals surface area contributed by atoms with Crippen molar-refractivity contribution >= 4 is 12.1 Å². The molecule has 1 aliphatic heterocycles. The fourth-order valence-corrected chi connectivity index (χ4v) is 4.08. The van der Waals surface area contributed by atoms with Crippen LogP contribution < -0.4 is 5.32 Å². The van der Waals surface area contributed by atoms with Crippen molar-refractivity contribution < 1.29 is 9.90 Å². The predicted molar refractivity (Wildman–Crippen MR) is 128 cm³/mol. The van der Waals surface area contributed by atoms with E-state index in [2.05, 4.69) is 17.2 Å². The average Bonchev–Trinajstić information content (AvgIpc) is 2.74. The number of carbonyl (C=O) groups excluding carboxylic acids is 1. The molecule has 1 heterocycles. The molecule has 0 aromatic carbocycles. The summed E-state index contributed by atoms with van der Waals surface area (Å²) in [5.74, 6) is 0.0407. The topological polar surface area (TPSA) is 64.9 Å². The zero-order valence-electron chi connectivity index (χ0n) is 19.9. The SMILES string of the molecule is CCCCCCCCCCCCCCC(O)CNCCN1CCCN=CC(C)C1=O. The van der Waals surface area contributed by atoms with Crippen LogP contribution in [0.4, 0.5) is 0 Å². The third-order valence-electron chi connectivity index (χ3n) is 6.07. The number of nitrogens with one attached hydrogen (secondary N) is 1. The van der Waals surface area contributed by atoms with Crippen molar-refractivity contribution in [2.24, 2.45) is 10.9 Å². The Morgan fingerprint density at radius 2 is 1.67 bits per heavy atom. The number of unbranched alkanes of at least 4 members (excludes halogenated alkanes) is 11. The number of hydrogen-bond acceptors (Lipinski definition) is 4. The van der Waals surface area contributed by atoms with E-state index < -0.39 is 0 Å². The van der Waals surface area contributed by atoms with E-state index in [1.54, 1.807) is 6.21 Å². The molecule has 1 amide bonds. The number of nitrogens with zero attached hydrogens (tertiary/aromatic N) is 2. The molecule has 5 heteroatoms. The minimum atomic E-state index is -0.276. The number of hydrogen-bond donors (Lipinski definition) is 2. The Balaban J connectivity index is 1.91. The molecule has 2 N–H and O–H groups in total. The van der Waals surface area contributed by atoms with Crippen molar-refractivity contribution in [3.05, 3.63) is 0 Å². The summed E-state index contributed by atoms with van der Waals surface area (Å²) in [6.07, 6.45) is 19.4. The van der Waals surface area contributed by atoms with E-state index in [1.165, 1.54) is 70.6 Å². The molecule has 0 aromatic rings. The summed E-state index contributed by atoms with van der Waals surface area (Å²) in [6, 6.07) is 0. The van der Waals surface area contributed by atoms with Gasteiger partial charge in [0.15, 0.2) is 0 Å². The molecule has 2 unspecified atom stereocenters. The lowest BCUT2D eigenvalue weighted by molar-refractivity contribution is -0.132. The number of aliphatic hydroxyl groups excluding tert-OH is 1. The Morgan fingerprint density at radius 1 is 1.07 bits per heavy atom. The molecule has 2 atom stereocenters. The van der Waals surface area contributed by atoms with Crippen LogP contribution in [0, 0.1) is 5.92 Å². The van der Waals surface area contributed by atoms with E-state index in [4.69, 9.17) is 0 Å². The van der Waals surface area contributed by atoms with Gasteiger partial charge in [0.05, 0.1) is 12.0 Å². The highest BCUT2D eigenvalue weighted by Crippen LogP contribution is 2.13. The monoisotopic (exact) mass is 423 g/mol. The summed E-state index contributed by atoms with van der Waals surface area (Å²) in [5, 5.41) is 13.5. The standard InChI is InChI=1S/C25H49N3O2/c1-3-4-5-6-7-8-9-10-11-12-13-14-16-24(29)22-27-18-20-28-19-15-17-26-21-23(2)25(28)30/h21,23-24,27,29H,3-20,22H2,1-2H3. The minimum absolute atomic E-state index is 0.123. The van der Waals surface area contributed by atoms with Gasteiger partial charge in [-0.25, -0.2) is 0 Å². The van der Waals surface area contributed by atoms with Gasteiger partial charge in [-0.15, -0.1) is 0 Å². The lowest BCUT2D eigenvalue weighted by Crippen LogP contribution is -2.42. The molecule has 0 aliphatic carbocycles. The first kappa shape index (κ1) is 27.1. The minimum Gasteiger partial charge on any atom is -0.392 e. The second-order valence-corrected chi connectivity index (χ2v) is 9.06. The number of carbonyl (C=O) groups is 1. The summed E-state index contributed by atoms with van der Waals surface area (Å²) in [5.41, 5.74) is 0. The van der Waals surface area contributed by atoms with Crippen LogP contribution in [0.5, 0.6) is 0 Å². The third-order valence-corrected chi connectivity index (χ3v) is 6.07. The Kier molecular flexibility index (Phi) is 17.0. The van der Waals surface area contributed by atoms with Crippen molar-refractivity contribution in [2.75, 3.05) is 32.7 Å². The van der Waals surface area contributed by atoms with Crippen molar-refractivity contribution in [1.82, 2.24) is 10.2 Å². The molecule has 5 nitrogen and oxygen atoms in total. The van der Waals surface area contributed by atoms with E-state index in [1.807, 2.05) is 11.8 Å². The second-order valence-electron chi connectivity index (χ2n) is 9.06. The van der Waals surface area contributed by atoms with Crippen molar-refractivity contribution in [3.63, 3.8) is 0 Å². The quantitative estimate of drug-likeness (QED) is 0.306. The van der Waals surface area contributed by atoms with Gasteiger partial charge < -0.3 is 15.3 Å². The lowest BCUT2D eigenvalue weighted by atomic mass is 10.0. The Hall–Kier alpha value is -0.940. The van der Waals surface area contributed by atoms with Gasteiger partial charge in [0.1, 0.15) is 0 Å². The van der Waals surface area contributed by atoms with Crippen molar-refractivity contribution in [3.8, 4) is 0 Å². The lowest BCUT2D eigenvalue weighted by Gasteiger charge is -2.26. The Labute approximate surface area is 186 Å². The summed E-state index contributed by atoms with van der Waals surface area (Å²) in [7, 11) is 0. The van der Waals surface area contributed by atoms with E-state index in [9.17, 15) is 9.90 Å². The highest BCUT2D eigenvalue weighted by Gasteiger charge is 2.19. The highest BCUT2D eigenvalue weighted by molar-refractivity contribution is 5.93. The summed E-state index contributed by atoms with van der Waals surface area (Å²) < 4.78 is 0. The molecule has 0 aromatic heterocycles. The molecule has 30 heavy (non-hydrogen) atoms.